The molecule has 4 rings (SSSR count). The van der Waals surface area contributed by atoms with Crippen molar-refractivity contribution in [2.75, 3.05) is 38.0 Å². The normalized spacial score (nSPS) is 18.6. The molecule has 1 saturated carbocycles. The molecule has 4 heteroatoms. The molecule has 154 valence electrons. The zero-order chi connectivity index (χ0) is 19.9. The minimum Gasteiger partial charge on any atom is -0.381 e. The van der Waals surface area contributed by atoms with Crippen molar-refractivity contribution in [2.24, 2.45) is 5.92 Å². The SMILES string of the molecule is O=C(c1ccc(NCc2ccccc2)cc1)N1CCN(CC2CCCCC2)CC1. The fraction of sp³-hybridized carbons (Fsp3) is 0.480. The van der Waals surface area contributed by atoms with Gasteiger partial charge in [0, 0.05) is 50.5 Å². The lowest BCUT2D eigenvalue weighted by Gasteiger charge is -2.37. The number of nitrogens with zero attached hydrogens (tertiary/aromatic N) is 2. The summed E-state index contributed by atoms with van der Waals surface area (Å²) in [4.78, 5) is 17.5. The van der Waals surface area contributed by atoms with E-state index in [0.717, 1.165) is 49.9 Å². The summed E-state index contributed by atoms with van der Waals surface area (Å²) in [6, 6.07) is 18.3. The van der Waals surface area contributed by atoms with Crippen LogP contribution in [0.15, 0.2) is 54.6 Å². The van der Waals surface area contributed by atoms with E-state index in [1.165, 1.54) is 44.2 Å². The van der Waals surface area contributed by atoms with Crippen LogP contribution in [-0.4, -0.2) is 48.4 Å². The second kappa shape index (κ2) is 9.93. The van der Waals surface area contributed by atoms with Gasteiger partial charge in [-0.3, -0.25) is 9.69 Å². The van der Waals surface area contributed by atoms with Gasteiger partial charge in [-0.1, -0.05) is 49.6 Å². The average Bonchev–Trinajstić information content (AvgIpc) is 2.79. The molecular weight excluding hydrogens is 358 g/mol. The summed E-state index contributed by atoms with van der Waals surface area (Å²) in [5.41, 5.74) is 3.08. The first-order valence-corrected chi connectivity index (χ1v) is 11.2. The third-order valence-electron chi connectivity index (χ3n) is 6.37. The van der Waals surface area contributed by atoms with E-state index >= 15 is 0 Å². The summed E-state index contributed by atoms with van der Waals surface area (Å²) in [6.45, 7) is 5.73. The molecule has 2 aromatic rings. The van der Waals surface area contributed by atoms with E-state index in [4.69, 9.17) is 0 Å². The molecule has 1 N–H and O–H groups in total. The van der Waals surface area contributed by atoms with E-state index in [-0.39, 0.29) is 5.91 Å². The van der Waals surface area contributed by atoms with Crippen LogP contribution in [0.5, 0.6) is 0 Å². The summed E-state index contributed by atoms with van der Waals surface area (Å²) in [6.07, 6.45) is 7.01. The first kappa shape index (κ1) is 20.0. The number of hydrogen-bond donors (Lipinski definition) is 1. The molecule has 0 atom stereocenters. The molecule has 2 aliphatic rings. The zero-order valence-corrected chi connectivity index (χ0v) is 17.4. The van der Waals surface area contributed by atoms with E-state index in [0.29, 0.717) is 0 Å². The molecule has 4 nitrogen and oxygen atoms in total. The Bertz CT molecular complexity index is 760. The first-order valence-electron chi connectivity index (χ1n) is 11.2. The molecule has 0 spiro atoms. The average molecular weight is 392 g/mol. The number of rotatable bonds is 6. The predicted molar refractivity (Wildman–Crippen MR) is 119 cm³/mol. The highest BCUT2D eigenvalue weighted by atomic mass is 16.2. The largest absolute Gasteiger partial charge is 0.381 e. The van der Waals surface area contributed by atoms with Crippen molar-refractivity contribution in [2.45, 2.75) is 38.6 Å². The van der Waals surface area contributed by atoms with Gasteiger partial charge in [-0.25, -0.2) is 0 Å². The first-order chi connectivity index (χ1) is 14.3. The van der Waals surface area contributed by atoms with Crippen LogP contribution in [-0.2, 0) is 6.54 Å². The summed E-state index contributed by atoms with van der Waals surface area (Å²) in [5.74, 6) is 1.04. The predicted octanol–water partition coefficient (Wildman–Crippen LogP) is 4.64. The van der Waals surface area contributed by atoms with Gasteiger partial charge >= 0.3 is 0 Å². The van der Waals surface area contributed by atoms with Gasteiger partial charge in [0.2, 0.25) is 0 Å². The Morgan fingerprint density at radius 1 is 0.862 bits per heavy atom. The van der Waals surface area contributed by atoms with E-state index in [9.17, 15) is 4.79 Å². The zero-order valence-electron chi connectivity index (χ0n) is 17.4. The monoisotopic (exact) mass is 391 g/mol. The number of carbonyl (C=O) groups excluding carboxylic acids is 1. The molecule has 1 aliphatic carbocycles. The molecule has 29 heavy (non-hydrogen) atoms. The lowest BCUT2D eigenvalue weighted by atomic mass is 9.89. The summed E-state index contributed by atoms with van der Waals surface area (Å²) in [5, 5.41) is 3.42. The molecule has 0 unspecified atom stereocenters. The third kappa shape index (κ3) is 5.60. The van der Waals surface area contributed by atoms with E-state index in [1.807, 2.05) is 47.4 Å². The van der Waals surface area contributed by atoms with E-state index < -0.39 is 0 Å². The molecule has 2 fully saturated rings. The molecular formula is C25H33N3O. The van der Waals surface area contributed by atoms with Crippen molar-refractivity contribution in [1.82, 2.24) is 9.80 Å². The van der Waals surface area contributed by atoms with Gasteiger partial charge in [-0.05, 0) is 48.6 Å². The maximum Gasteiger partial charge on any atom is 0.253 e. The Morgan fingerprint density at radius 3 is 2.24 bits per heavy atom. The quantitative estimate of drug-likeness (QED) is 0.779. The number of carbonyl (C=O) groups is 1. The Hall–Kier alpha value is -2.33. The van der Waals surface area contributed by atoms with Crippen LogP contribution in [0.25, 0.3) is 0 Å². The molecule has 0 radical (unpaired) electrons. The molecule has 2 aromatic carbocycles. The van der Waals surface area contributed by atoms with Crippen molar-refractivity contribution >= 4 is 11.6 Å². The van der Waals surface area contributed by atoms with Crippen LogP contribution in [0.4, 0.5) is 5.69 Å². The van der Waals surface area contributed by atoms with Gasteiger partial charge in [0.15, 0.2) is 0 Å². The van der Waals surface area contributed by atoms with Crippen molar-refractivity contribution in [3.63, 3.8) is 0 Å². The summed E-state index contributed by atoms with van der Waals surface area (Å²) in [7, 11) is 0. The fourth-order valence-electron chi connectivity index (χ4n) is 4.58. The maximum atomic E-state index is 12.9. The Labute approximate surface area is 174 Å². The topological polar surface area (TPSA) is 35.6 Å². The minimum absolute atomic E-state index is 0.164. The van der Waals surface area contributed by atoms with Crippen molar-refractivity contribution in [1.29, 1.82) is 0 Å². The van der Waals surface area contributed by atoms with Gasteiger partial charge < -0.3 is 10.2 Å². The van der Waals surface area contributed by atoms with Crippen LogP contribution in [0, 0.1) is 5.92 Å². The summed E-state index contributed by atoms with van der Waals surface area (Å²) < 4.78 is 0. The number of anilines is 1. The highest BCUT2D eigenvalue weighted by Crippen LogP contribution is 2.25. The van der Waals surface area contributed by atoms with Crippen LogP contribution in [0.2, 0.25) is 0 Å². The minimum atomic E-state index is 0.164. The fourth-order valence-corrected chi connectivity index (χ4v) is 4.58. The Kier molecular flexibility index (Phi) is 6.83. The molecule has 1 aliphatic heterocycles. The van der Waals surface area contributed by atoms with Gasteiger partial charge in [0.05, 0.1) is 0 Å². The Balaban J connectivity index is 1.24. The highest BCUT2D eigenvalue weighted by Gasteiger charge is 2.24. The van der Waals surface area contributed by atoms with Crippen LogP contribution in [0.3, 0.4) is 0 Å². The number of nitrogens with one attached hydrogen (secondary N) is 1. The molecule has 1 heterocycles. The van der Waals surface area contributed by atoms with Crippen LogP contribution < -0.4 is 5.32 Å². The standard InChI is InChI=1S/C25H33N3O/c29-25(28-17-15-27(16-18-28)20-22-9-5-2-6-10-22)23-11-13-24(14-12-23)26-19-21-7-3-1-4-8-21/h1,3-4,7-8,11-14,22,26H,2,5-6,9-10,15-20H2. The summed E-state index contributed by atoms with van der Waals surface area (Å²) >= 11 is 0. The number of piperazine rings is 1. The highest BCUT2D eigenvalue weighted by molar-refractivity contribution is 5.94. The van der Waals surface area contributed by atoms with Gasteiger partial charge in [-0.15, -0.1) is 0 Å². The van der Waals surface area contributed by atoms with Gasteiger partial charge in [0.25, 0.3) is 5.91 Å². The smallest absolute Gasteiger partial charge is 0.253 e. The van der Waals surface area contributed by atoms with E-state index in [1.54, 1.807) is 0 Å². The molecule has 0 aromatic heterocycles. The second-order valence-corrected chi connectivity index (χ2v) is 8.51. The van der Waals surface area contributed by atoms with Gasteiger partial charge in [-0.2, -0.15) is 0 Å². The van der Waals surface area contributed by atoms with Crippen molar-refractivity contribution in [3.8, 4) is 0 Å². The number of amides is 1. The van der Waals surface area contributed by atoms with Crippen LogP contribution in [0.1, 0.15) is 48.0 Å². The van der Waals surface area contributed by atoms with E-state index in [2.05, 4.69) is 22.3 Å². The Morgan fingerprint density at radius 2 is 1.55 bits per heavy atom. The maximum absolute atomic E-state index is 12.9. The van der Waals surface area contributed by atoms with Crippen molar-refractivity contribution < 1.29 is 4.79 Å². The second-order valence-electron chi connectivity index (χ2n) is 8.51. The molecule has 1 amide bonds. The lowest BCUT2D eigenvalue weighted by molar-refractivity contribution is 0.0606. The molecule has 0 bridgehead atoms. The lowest BCUT2D eigenvalue weighted by Crippen LogP contribution is -2.49. The third-order valence-corrected chi connectivity index (χ3v) is 6.37. The van der Waals surface area contributed by atoms with Crippen LogP contribution >= 0.6 is 0 Å². The number of benzene rings is 2. The van der Waals surface area contributed by atoms with Crippen molar-refractivity contribution in [3.05, 3.63) is 65.7 Å². The molecule has 1 saturated heterocycles. The van der Waals surface area contributed by atoms with Gasteiger partial charge in [0.1, 0.15) is 0 Å². The number of hydrogen-bond acceptors (Lipinski definition) is 3.